The van der Waals surface area contributed by atoms with E-state index in [-0.39, 0.29) is 15.8 Å². The minimum atomic E-state index is -3.68. The van der Waals surface area contributed by atoms with Gasteiger partial charge in [-0.25, -0.2) is 13.1 Å². The van der Waals surface area contributed by atoms with Crippen molar-refractivity contribution in [3.63, 3.8) is 0 Å². The molecule has 0 bridgehead atoms. The SMILES string of the molecule is Cc1cccc2c(C[C@@H](C)NS(=O)(=O)c3ccc4[nH]c(=O)sc4c3)c[nH]c12. The molecule has 4 rings (SSSR count). The van der Waals surface area contributed by atoms with Crippen LogP contribution in [0.15, 0.2) is 52.3 Å². The number of aromatic nitrogens is 2. The minimum absolute atomic E-state index is 0.159. The van der Waals surface area contributed by atoms with Gasteiger partial charge in [-0.15, -0.1) is 0 Å². The van der Waals surface area contributed by atoms with Crippen molar-refractivity contribution in [3.05, 3.63) is 63.4 Å². The van der Waals surface area contributed by atoms with Gasteiger partial charge in [0.05, 0.1) is 15.1 Å². The lowest BCUT2D eigenvalue weighted by molar-refractivity contribution is 0.560. The van der Waals surface area contributed by atoms with E-state index < -0.39 is 10.0 Å². The Labute approximate surface area is 160 Å². The third kappa shape index (κ3) is 3.43. The summed E-state index contributed by atoms with van der Waals surface area (Å²) in [6.45, 7) is 3.89. The molecule has 0 saturated heterocycles. The number of benzene rings is 2. The van der Waals surface area contributed by atoms with Crippen LogP contribution in [-0.2, 0) is 16.4 Å². The molecule has 0 amide bonds. The molecule has 6 nitrogen and oxygen atoms in total. The molecule has 3 N–H and O–H groups in total. The fourth-order valence-electron chi connectivity index (χ4n) is 3.33. The number of hydrogen-bond acceptors (Lipinski definition) is 4. The summed E-state index contributed by atoms with van der Waals surface area (Å²) in [5, 5.41) is 1.11. The largest absolute Gasteiger partial charge is 0.361 e. The van der Waals surface area contributed by atoms with Gasteiger partial charge in [0.25, 0.3) is 0 Å². The Balaban J connectivity index is 1.57. The molecule has 0 radical (unpaired) electrons. The Morgan fingerprint density at radius 1 is 1.22 bits per heavy atom. The molecule has 27 heavy (non-hydrogen) atoms. The standard InChI is InChI=1S/C19H19N3O3S2/c1-11-4-3-5-15-13(10-20-18(11)15)8-12(2)22-27(24,25)14-6-7-16-17(9-14)26-19(23)21-16/h3-7,9-10,12,20,22H,8H2,1-2H3,(H,21,23)/t12-/m1/s1. The van der Waals surface area contributed by atoms with Crippen molar-refractivity contribution in [2.45, 2.75) is 31.2 Å². The van der Waals surface area contributed by atoms with Crippen LogP contribution in [0.3, 0.4) is 0 Å². The van der Waals surface area contributed by atoms with Crippen molar-refractivity contribution in [2.24, 2.45) is 0 Å². The van der Waals surface area contributed by atoms with Crippen LogP contribution in [0.1, 0.15) is 18.1 Å². The molecule has 0 aliphatic heterocycles. The smallest absolute Gasteiger partial charge is 0.305 e. The summed E-state index contributed by atoms with van der Waals surface area (Å²) in [6.07, 6.45) is 2.51. The van der Waals surface area contributed by atoms with Crippen LogP contribution < -0.4 is 9.60 Å². The third-order valence-electron chi connectivity index (χ3n) is 4.59. The molecule has 0 aliphatic carbocycles. The van der Waals surface area contributed by atoms with Crippen LogP contribution in [0.5, 0.6) is 0 Å². The maximum atomic E-state index is 12.7. The Morgan fingerprint density at radius 3 is 2.85 bits per heavy atom. The van der Waals surface area contributed by atoms with Gasteiger partial charge in [0.1, 0.15) is 0 Å². The number of fused-ring (bicyclic) bond motifs is 2. The monoisotopic (exact) mass is 401 g/mol. The van der Waals surface area contributed by atoms with Crippen LogP contribution in [-0.4, -0.2) is 24.4 Å². The number of rotatable bonds is 5. The first-order valence-corrected chi connectivity index (χ1v) is 10.8. The Bertz CT molecular complexity index is 1300. The van der Waals surface area contributed by atoms with Gasteiger partial charge in [0.2, 0.25) is 10.0 Å². The summed E-state index contributed by atoms with van der Waals surface area (Å²) in [6, 6.07) is 10.5. The van der Waals surface area contributed by atoms with E-state index in [2.05, 4.69) is 14.7 Å². The summed E-state index contributed by atoms with van der Waals surface area (Å²) in [4.78, 5) is 17.3. The number of H-pyrrole nitrogens is 2. The first-order chi connectivity index (χ1) is 12.8. The molecule has 2 aromatic carbocycles. The summed E-state index contributed by atoms with van der Waals surface area (Å²) in [5.74, 6) is 0. The molecule has 0 saturated carbocycles. The number of nitrogens with one attached hydrogen (secondary N) is 3. The van der Waals surface area contributed by atoms with E-state index in [0.717, 1.165) is 33.4 Å². The minimum Gasteiger partial charge on any atom is -0.361 e. The summed E-state index contributed by atoms with van der Waals surface area (Å²) < 4.78 is 28.8. The quantitative estimate of drug-likeness (QED) is 0.479. The number of thiazole rings is 1. The molecule has 0 unspecified atom stereocenters. The van der Waals surface area contributed by atoms with Crippen molar-refractivity contribution < 1.29 is 8.42 Å². The number of hydrogen-bond donors (Lipinski definition) is 3. The second-order valence-corrected chi connectivity index (χ2v) is 9.44. The van der Waals surface area contributed by atoms with Crippen molar-refractivity contribution in [1.82, 2.24) is 14.7 Å². The molecule has 2 heterocycles. The normalized spacial score (nSPS) is 13.4. The highest BCUT2D eigenvalue weighted by Crippen LogP contribution is 2.23. The lowest BCUT2D eigenvalue weighted by Crippen LogP contribution is -2.34. The first-order valence-electron chi connectivity index (χ1n) is 8.54. The molecular formula is C19H19N3O3S2. The Kier molecular flexibility index (Phi) is 4.41. The third-order valence-corrected chi connectivity index (χ3v) is 7.03. The number of para-hydroxylation sites is 1. The molecule has 8 heteroatoms. The van der Waals surface area contributed by atoms with E-state index in [9.17, 15) is 13.2 Å². The molecule has 1 atom stereocenters. The van der Waals surface area contributed by atoms with E-state index in [1.807, 2.05) is 38.2 Å². The van der Waals surface area contributed by atoms with Crippen LogP contribution >= 0.6 is 11.3 Å². The van der Waals surface area contributed by atoms with Crippen LogP contribution in [0.4, 0.5) is 0 Å². The average Bonchev–Trinajstić information content (AvgIpc) is 3.17. The van der Waals surface area contributed by atoms with Crippen molar-refractivity contribution >= 4 is 42.5 Å². The molecule has 140 valence electrons. The van der Waals surface area contributed by atoms with E-state index >= 15 is 0 Å². The molecular weight excluding hydrogens is 382 g/mol. The van der Waals surface area contributed by atoms with Gasteiger partial charge < -0.3 is 9.97 Å². The summed E-state index contributed by atoms with van der Waals surface area (Å²) >= 11 is 1.00. The van der Waals surface area contributed by atoms with Crippen LogP contribution in [0, 0.1) is 6.92 Å². The lowest BCUT2D eigenvalue weighted by Gasteiger charge is -2.14. The maximum Gasteiger partial charge on any atom is 0.305 e. The van der Waals surface area contributed by atoms with Crippen molar-refractivity contribution in [3.8, 4) is 0 Å². The molecule has 2 aromatic heterocycles. The van der Waals surface area contributed by atoms with Gasteiger partial charge >= 0.3 is 4.87 Å². The molecule has 0 aliphatic rings. The van der Waals surface area contributed by atoms with E-state index in [1.54, 1.807) is 6.07 Å². The second kappa shape index (κ2) is 6.63. The zero-order valence-corrected chi connectivity index (χ0v) is 16.5. The molecule has 0 spiro atoms. The predicted molar refractivity (Wildman–Crippen MR) is 109 cm³/mol. The Hall–Kier alpha value is -2.42. The fourth-order valence-corrected chi connectivity index (χ4v) is 5.45. The van der Waals surface area contributed by atoms with Crippen molar-refractivity contribution in [2.75, 3.05) is 0 Å². The highest BCUT2D eigenvalue weighted by atomic mass is 32.2. The maximum absolute atomic E-state index is 12.7. The first kappa shape index (κ1) is 18.0. The average molecular weight is 402 g/mol. The van der Waals surface area contributed by atoms with Gasteiger partial charge in [-0.1, -0.05) is 29.5 Å². The highest BCUT2D eigenvalue weighted by Gasteiger charge is 2.19. The van der Waals surface area contributed by atoms with Crippen LogP contribution in [0.2, 0.25) is 0 Å². The fraction of sp³-hybridized carbons (Fsp3) is 0.211. The topological polar surface area (TPSA) is 94.8 Å². The van der Waals surface area contributed by atoms with Gasteiger partial charge in [0.15, 0.2) is 0 Å². The zero-order valence-electron chi connectivity index (χ0n) is 14.9. The van der Waals surface area contributed by atoms with E-state index in [0.29, 0.717) is 16.6 Å². The second-order valence-electron chi connectivity index (χ2n) is 6.71. The van der Waals surface area contributed by atoms with Gasteiger partial charge in [-0.2, -0.15) is 0 Å². The lowest BCUT2D eigenvalue weighted by atomic mass is 10.1. The number of sulfonamides is 1. The van der Waals surface area contributed by atoms with Crippen LogP contribution in [0.25, 0.3) is 21.1 Å². The van der Waals surface area contributed by atoms with Crippen molar-refractivity contribution in [1.29, 1.82) is 0 Å². The number of aryl methyl sites for hydroxylation is 1. The van der Waals surface area contributed by atoms with Gasteiger partial charge in [-0.05, 0) is 49.6 Å². The summed E-state index contributed by atoms with van der Waals surface area (Å²) in [7, 11) is -3.68. The van der Waals surface area contributed by atoms with Gasteiger partial charge in [-0.3, -0.25) is 4.79 Å². The number of aromatic amines is 2. The van der Waals surface area contributed by atoms with Gasteiger partial charge in [0, 0.05) is 23.1 Å². The molecule has 4 aromatic rings. The Morgan fingerprint density at radius 2 is 2.04 bits per heavy atom. The summed E-state index contributed by atoms with van der Waals surface area (Å²) in [5.41, 5.74) is 3.95. The molecule has 0 fully saturated rings. The highest BCUT2D eigenvalue weighted by molar-refractivity contribution is 7.89. The van der Waals surface area contributed by atoms with E-state index in [4.69, 9.17) is 0 Å². The predicted octanol–water partition coefficient (Wildman–Crippen LogP) is 3.29. The zero-order chi connectivity index (χ0) is 19.2. The van der Waals surface area contributed by atoms with E-state index in [1.165, 1.54) is 12.1 Å².